The summed E-state index contributed by atoms with van der Waals surface area (Å²) in [4.78, 5) is 14.2. The fourth-order valence-corrected chi connectivity index (χ4v) is 2.80. The Bertz CT molecular complexity index is 591. The smallest absolute Gasteiger partial charge is 0.360 e. The van der Waals surface area contributed by atoms with Gasteiger partial charge in [-0.3, -0.25) is 0 Å². The fraction of sp³-hybridized carbons (Fsp3) is 0.462. The van der Waals surface area contributed by atoms with Crippen molar-refractivity contribution in [2.24, 2.45) is 5.73 Å². The van der Waals surface area contributed by atoms with E-state index in [2.05, 4.69) is 29.4 Å². The van der Waals surface area contributed by atoms with Crippen LogP contribution in [0.25, 0.3) is 0 Å². The maximum absolute atomic E-state index is 11.7. The van der Waals surface area contributed by atoms with Gasteiger partial charge >= 0.3 is 5.97 Å². The fourth-order valence-electron chi connectivity index (χ4n) is 1.86. The van der Waals surface area contributed by atoms with E-state index in [-0.39, 0.29) is 12.2 Å². The monoisotopic (exact) mass is 294 g/mol. The van der Waals surface area contributed by atoms with Crippen LogP contribution in [0.5, 0.6) is 0 Å². The Hall–Kier alpha value is -1.73. The third kappa shape index (κ3) is 3.05. The lowest BCUT2D eigenvalue weighted by atomic mass is 10.3. The number of thiophene rings is 1. The summed E-state index contributed by atoms with van der Waals surface area (Å²) < 4.78 is 6.61. The molecule has 0 amide bonds. The number of nitrogens with two attached hydrogens (primary N) is 1. The Morgan fingerprint density at radius 3 is 2.75 bits per heavy atom. The predicted molar refractivity (Wildman–Crippen MR) is 76.7 cm³/mol. The first-order chi connectivity index (χ1) is 9.69. The van der Waals surface area contributed by atoms with Crippen molar-refractivity contribution in [2.75, 3.05) is 6.61 Å². The van der Waals surface area contributed by atoms with Crippen LogP contribution in [0.1, 0.15) is 39.8 Å². The van der Waals surface area contributed by atoms with E-state index in [9.17, 15) is 4.79 Å². The number of nitrogens with zero attached hydrogens (tertiary/aromatic N) is 3. The first kappa shape index (κ1) is 14.7. The van der Waals surface area contributed by atoms with Crippen LogP contribution in [-0.2, 0) is 24.2 Å². The van der Waals surface area contributed by atoms with Gasteiger partial charge in [0.15, 0.2) is 5.69 Å². The van der Waals surface area contributed by atoms with Gasteiger partial charge in [0, 0.05) is 16.3 Å². The molecule has 2 rings (SSSR count). The normalized spacial score (nSPS) is 10.8. The molecule has 0 aliphatic rings. The standard InChI is InChI=1S/C13H18N4O2S/c1-3-9-5-6-10(20-9)8-17-11(7-14)12(15-16-17)13(18)19-4-2/h5-6H,3-4,7-8,14H2,1-2H3. The molecular weight excluding hydrogens is 276 g/mol. The van der Waals surface area contributed by atoms with Gasteiger partial charge in [-0.25, -0.2) is 9.48 Å². The van der Waals surface area contributed by atoms with E-state index in [0.717, 1.165) is 11.3 Å². The van der Waals surface area contributed by atoms with Crippen LogP contribution < -0.4 is 5.73 Å². The zero-order chi connectivity index (χ0) is 14.5. The van der Waals surface area contributed by atoms with E-state index in [1.807, 2.05) is 0 Å². The molecule has 0 spiro atoms. The van der Waals surface area contributed by atoms with Gasteiger partial charge in [-0.05, 0) is 25.5 Å². The van der Waals surface area contributed by atoms with Crippen LogP contribution in [0.4, 0.5) is 0 Å². The molecular formula is C13H18N4O2S. The third-order valence-corrected chi connectivity index (χ3v) is 4.09. The summed E-state index contributed by atoms with van der Waals surface area (Å²) in [5.74, 6) is -0.473. The first-order valence-corrected chi connectivity index (χ1v) is 7.38. The molecule has 0 radical (unpaired) electrons. The molecule has 0 unspecified atom stereocenters. The van der Waals surface area contributed by atoms with Crippen LogP contribution in [0, 0.1) is 0 Å². The van der Waals surface area contributed by atoms with Gasteiger partial charge in [0.25, 0.3) is 0 Å². The van der Waals surface area contributed by atoms with Crippen molar-refractivity contribution >= 4 is 17.3 Å². The molecule has 0 aromatic carbocycles. The van der Waals surface area contributed by atoms with Crippen molar-refractivity contribution in [1.82, 2.24) is 15.0 Å². The predicted octanol–water partition coefficient (Wildman–Crippen LogP) is 1.59. The van der Waals surface area contributed by atoms with Gasteiger partial charge in [0.05, 0.1) is 18.8 Å². The molecule has 0 fully saturated rings. The zero-order valence-electron chi connectivity index (χ0n) is 11.6. The molecule has 0 aliphatic carbocycles. The third-order valence-electron chi connectivity index (χ3n) is 2.87. The number of aryl methyl sites for hydroxylation is 1. The number of ether oxygens (including phenoxy) is 1. The SMILES string of the molecule is CCOC(=O)c1nnn(Cc2ccc(CC)s2)c1CN. The molecule has 2 N–H and O–H groups in total. The minimum atomic E-state index is -0.473. The number of hydrogen-bond donors (Lipinski definition) is 1. The Morgan fingerprint density at radius 2 is 2.15 bits per heavy atom. The van der Waals surface area contributed by atoms with Gasteiger partial charge in [-0.1, -0.05) is 12.1 Å². The summed E-state index contributed by atoms with van der Waals surface area (Å²) in [6.45, 7) is 4.95. The maximum atomic E-state index is 11.7. The Balaban J connectivity index is 2.21. The topological polar surface area (TPSA) is 83.0 Å². The van der Waals surface area contributed by atoms with E-state index >= 15 is 0 Å². The number of rotatable bonds is 6. The lowest BCUT2D eigenvalue weighted by molar-refractivity contribution is 0.0518. The van der Waals surface area contributed by atoms with E-state index in [0.29, 0.717) is 18.8 Å². The summed E-state index contributed by atoms with van der Waals surface area (Å²) in [5, 5.41) is 7.90. The van der Waals surface area contributed by atoms with Crippen molar-refractivity contribution in [3.8, 4) is 0 Å². The highest BCUT2D eigenvalue weighted by atomic mass is 32.1. The molecule has 0 bridgehead atoms. The second-order valence-electron chi connectivity index (χ2n) is 4.19. The zero-order valence-corrected chi connectivity index (χ0v) is 12.4. The molecule has 2 heterocycles. The van der Waals surface area contributed by atoms with E-state index < -0.39 is 5.97 Å². The highest BCUT2D eigenvalue weighted by Gasteiger charge is 2.20. The summed E-state index contributed by atoms with van der Waals surface area (Å²) >= 11 is 1.73. The molecule has 0 saturated carbocycles. The Labute approximate surface area is 121 Å². The number of carbonyl (C=O) groups is 1. The van der Waals surface area contributed by atoms with Crippen LogP contribution in [-0.4, -0.2) is 27.6 Å². The Morgan fingerprint density at radius 1 is 1.40 bits per heavy atom. The highest BCUT2D eigenvalue weighted by molar-refractivity contribution is 7.11. The minimum Gasteiger partial charge on any atom is -0.461 e. The maximum Gasteiger partial charge on any atom is 0.360 e. The molecule has 6 nitrogen and oxygen atoms in total. The quantitative estimate of drug-likeness (QED) is 0.818. The second kappa shape index (κ2) is 6.62. The van der Waals surface area contributed by atoms with Crippen molar-refractivity contribution in [2.45, 2.75) is 33.4 Å². The molecule has 2 aromatic rings. The molecule has 20 heavy (non-hydrogen) atoms. The van der Waals surface area contributed by atoms with E-state index in [1.54, 1.807) is 22.9 Å². The number of hydrogen-bond acceptors (Lipinski definition) is 6. The lowest BCUT2D eigenvalue weighted by Gasteiger charge is -2.04. The first-order valence-electron chi connectivity index (χ1n) is 6.56. The second-order valence-corrected chi connectivity index (χ2v) is 5.44. The molecule has 0 atom stereocenters. The molecule has 2 aromatic heterocycles. The van der Waals surface area contributed by atoms with Gasteiger partial charge in [0.2, 0.25) is 0 Å². The van der Waals surface area contributed by atoms with Crippen molar-refractivity contribution in [3.05, 3.63) is 33.3 Å². The van der Waals surface area contributed by atoms with Gasteiger partial charge in [-0.2, -0.15) is 0 Å². The number of aromatic nitrogens is 3. The summed E-state index contributed by atoms with van der Waals surface area (Å²) in [5.41, 5.74) is 6.53. The van der Waals surface area contributed by atoms with Crippen LogP contribution in [0.3, 0.4) is 0 Å². The number of carbonyl (C=O) groups excluding carboxylic acids is 1. The van der Waals surface area contributed by atoms with Gasteiger partial charge in [0.1, 0.15) is 0 Å². The van der Waals surface area contributed by atoms with Gasteiger partial charge < -0.3 is 10.5 Å². The largest absolute Gasteiger partial charge is 0.461 e. The molecule has 0 saturated heterocycles. The van der Waals surface area contributed by atoms with Crippen LogP contribution >= 0.6 is 11.3 Å². The molecule has 7 heteroatoms. The summed E-state index contributed by atoms with van der Waals surface area (Å²) in [6, 6.07) is 4.17. The Kier molecular flexibility index (Phi) is 4.86. The lowest BCUT2D eigenvalue weighted by Crippen LogP contribution is -2.14. The molecule has 0 aliphatic heterocycles. The number of esters is 1. The highest BCUT2D eigenvalue weighted by Crippen LogP contribution is 2.19. The van der Waals surface area contributed by atoms with Gasteiger partial charge in [-0.15, -0.1) is 16.4 Å². The van der Waals surface area contributed by atoms with E-state index in [1.165, 1.54) is 4.88 Å². The minimum absolute atomic E-state index is 0.202. The molecule has 108 valence electrons. The summed E-state index contributed by atoms with van der Waals surface area (Å²) in [6.07, 6.45) is 1.01. The average Bonchev–Trinajstić information content (AvgIpc) is 3.05. The van der Waals surface area contributed by atoms with Crippen LogP contribution in [0.15, 0.2) is 12.1 Å². The van der Waals surface area contributed by atoms with Crippen molar-refractivity contribution in [1.29, 1.82) is 0 Å². The van der Waals surface area contributed by atoms with Crippen molar-refractivity contribution in [3.63, 3.8) is 0 Å². The average molecular weight is 294 g/mol. The summed E-state index contributed by atoms with van der Waals surface area (Å²) in [7, 11) is 0. The van der Waals surface area contributed by atoms with Crippen LogP contribution in [0.2, 0.25) is 0 Å². The van der Waals surface area contributed by atoms with Crippen molar-refractivity contribution < 1.29 is 9.53 Å². The van der Waals surface area contributed by atoms with E-state index in [4.69, 9.17) is 10.5 Å².